The smallest absolute Gasteiger partial charge is 0 e. The van der Waals surface area contributed by atoms with Gasteiger partial charge in [0.25, 0.3) is 0 Å². The van der Waals surface area contributed by atoms with E-state index in [9.17, 15) is 0 Å². The summed E-state index contributed by atoms with van der Waals surface area (Å²) in [6.45, 7) is 14.6. The summed E-state index contributed by atoms with van der Waals surface area (Å²) in [5.41, 5.74) is 1.44. The summed E-state index contributed by atoms with van der Waals surface area (Å²) in [5, 5.41) is 0. The van der Waals surface area contributed by atoms with Crippen LogP contribution in [0, 0.1) is 20.0 Å². The van der Waals surface area contributed by atoms with Crippen molar-refractivity contribution in [2.45, 2.75) is 6.42 Å². The Hall–Kier alpha value is -0.951. The molecule has 93 valence electrons. The molecule has 0 amide bonds. The number of hydrogen-bond acceptors (Lipinski definition) is 1. The fraction of sp³-hybridized carbons (Fsp3) is 0.333. The van der Waals surface area contributed by atoms with Gasteiger partial charge in [-0.05, 0) is 20.6 Å². The first-order valence-electron chi connectivity index (χ1n) is 4.25. The van der Waals surface area contributed by atoms with E-state index >= 15 is 0 Å². The van der Waals surface area contributed by atoms with Crippen LogP contribution in [-0.4, -0.2) is 25.5 Å². The number of hydrogen-bond donors (Lipinski definition) is 0. The van der Waals surface area contributed by atoms with Crippen LogP contribution in [0.1, 0.15) is 5.56 Å². The van der Waals surface area contributed by atoms with Gasteiger partial charge in [-0.1, -0.05) is 6.42 Å². The molecule has 0 aliphatic carbocycles. The molecule has 0 atom stereocenters. The van der Waals surface area contributed by atoms with Crippen molar-refractivity contribution < 1.29 is 31.0 Å². The predicted molar refractivity (Wildman–Crippen MR) is 56.1 cm³/mol. The van der Waals surface area contributed by atoms with Crippen molar-refractivity contribution in [1.82, 2.24) is 4.90 Å². The first-order chi connectivity index (χ1) is 7.79. The summed E-state index contributed by atoms with van der Waals surface area (Å²) in [7, 11) is 4.20. The minimum Gasteiger partial charge on any atom is 0 e. The zero-order valence-corrected chi connectivity index (χ0v) is 11.0. The molecule has 1 rings (SSSR count). The van der Waals surface area contributed by atoms with Crippen LogP contribution in [0.25, 0.3) is 0 Å². The molecule has 0 aliphatic rings. The molecule has 0 aliphatic heterocycles. The molecule has 0 bridgehead atoms. The summed E-state index contributed by atoms with van der Waals surface area (Å²) in [5.74, 6) is 0. The van der Waals surface area contributed by atoms with Crippen LogP contribution in [0.15, 0.2) is 24.3 Å². The number of rotatable bonds is 3. The third-order valence-electron chi connectivity index (χ3n) is 1.58. The SMILES string of the molecule is CN(C)CC[c-]1cccc1.[C-]#[O+].[C-]#[O+].[C-]#[O+].[Mn]. The van der Waals surface area contributed by atoms with Gasteiger partial charge in [-0.15, -0.1) is 0 Å². The zero-order valence-electron chi connectivity index (χ0n) is 9.77. The van der Waals surface area contributed by atoms with E-state index in [0.29, 0.717) is 0 Å². The van der Waals surface area contributed by atoms with Crippen LogP contribution in [-0.2, 0) is 37.4 Å². The fourth-order valence-corrected chi connectivity index (χ4v) is 0.933. The van der Waals surface area contributed by atoms with Gasteiger partial charge in [0.2, 0.25) is 0 Å². The van der Waals surface area contributed by atoms with E-state index in [1.54, 1.807) is 0 Å². The summed E-state index contributed by atoms with van der Waals surface area (Å²) in [6.07, 6.45) is 1.17. The third-order valence-corrected chi connectivity index (χ3v) is 1.58. The molecule has 0 N–H and O–H groups in total. The summed E-state index contributed by atoms with van der Waals surface area (Å²) >= 11 is 0. The second-order valence-corrected chi connectivity index (χ2v) is 2.85. The van der Waals surface area contributed by atoms with Crippen molar-refractivity contribution in [2.24, 2.45) is 0 Å². The first kappa shape index (κ1) is 25.0. The maximum atomic E-state index is 7.50. The van der Waals surface area contributed by atoms with E-state index in [1.807, 2.05) is 0 Å². The Balaban J connectivity index is -0.000000106. The van der Waals surface area contributed by atoms with Gasteiger partial charge < -0.3 is 4.90 Å². The molecule has 4 nitrogen and oxygen atoms in total. The Morgan fingerprint density at radius 1 is 0.941 bits per heavy atom. The monoisotopic (exact) mass is 275 g/mol. The van der Waals surface area contributed by atoms with Crippen molar-refractivity contribution in [2.75, 3.05) is 20.6 Å². The molecule has 5 heteroatoms. The van der Waals surface area contributed by atoms with Crippen molar-refractivity contribution >= 4 is 0 Å². The third kappa shape index (κ3) is 21.0. The standard InChI is InChI=1S/C9H14N.3CO.Mn/c1-10(2)8-7-9-5-3-4-6-9;3*1-2;/h3-6H,7-8H2,1-2H3;;;;/q-1;;;;. The van der Waals surface area contributed by atoms with Gasteiger partial charge in [0.1, 0.15) is 0 Å². The van der Waals surface area contributed by atoms with Gasteiger partial charge >= 0.3 is 33.9 Å². The number of likely N-dealkylation sites (N-methyl/N-ethyl adjacent to an activating group) is 1. The van der Waals surface area contributed by atoms with Crippen LogP contribution < -0.4 is 0 Å². The summed E-state index contributed by atoms with van der Waals surface area (Å²) < 4.78 is 22.5. The molecule has 17 heavy (non-hydrogen) atoms. The van der Waals surface area contributed by atoms with Gasteiger partial charge in [-0.25, -0.2) is 12.1 Å². The maximum absolute atomic E-state index is 7.50. The topological polar surface area (TPSA) is 62.9 Å². The summed E-state index contributed by atoms with van der Waals surface area (Å²) in [4.78, 5) is 2.20. The van der Waals surface area contributed by atoms with Gasteiger partial charge in [-0.3, -0.25) is 0 Å². The largest absolute Gasteiger partial charge is 0 e. The van der Waals surface area contributed by atoms with E-state index in [0.717, 1.165) is 6.54 Å². The normalized spacial score (nSPS) is 6.65. The minimum atomic E-state index is 0. The average molecular weight is 275 g/mol. The maximum Gasteiger partial charge on any atom is 0 e. The molecule has 0 saturated carbocycles. The molecular formula is C12H14MnNO3-. The molecule has 0 aromatic heterocycles. The van der Waals surface area contributed by atoms with Crippen LogP contribution in [0.2, 0.25) is 0 Å². The second-order valence-electron chi connectivity index (χ2n) is 2.85. The predicted octanol–water partition coefficient (Wildman–Crippen LogP) is 1.39. The quantitative estimate of drug-likeness (QED) is 0.467. The van der Waals surface area contributed by atoms with Crippen molar-refractivity contribution in [3.8, 4) is 0 Å². The van der Waals surface area contributed by atoms with Crippen molar-refractivity contribution in [3.05, 3.63) is 49.8 Å². The Bertz CT molecular complexity index is 261. The van der Waals surface area contributed by atoms with E-state index in [-0.39, 0.29) is 17.1 Å². The Labute approximate surface area is 113 Å². The Morgan fingerprint density at radius 3 is 1.59 bits per heavy atom. The van der Waals surface area contributed by atoms with Gasteiger partial charge in [-0.2, -0.15) is 17.7 Å². The van der Waals surface area contributed by atoms with Gasteiger partial charge in [0.15, 0.2) is 0 Å². The minimum absolute atomic E-state index is 0. The van der Waals surface area contributed by atoms with Crippen LogP contribution in [0.5, 0.6) is 0 Å². The second kappa shape index (κ2) is 24.3. The van der Waals surface area contributed by atoms with Crippen LogP contribution >= 0.6 is 0 Å². The van der Waals surface area contributed by atoms with E-state index < -0.39 is 0 Å². The fourth-order valence-electron chi connectivity index (χ4n) is 0.933. The molecule has 0 heterocycles. The van der Waals surface area contributed by atoms with Crippen LogP contribution in [0.4, 0.5) is 0 Å². The molecule has 1 aromatic carbocycles. The molecule has 0 saturated heterocycles. The van der Waals surface area contributed by atoms with Crippen molar-refractivity contribution in [3.63, 3.8) is 0 Å². The van der Waals surface area contributed by atoms with E-state index in [2.05, 4.69) is 63.2 Å². The molecule has 0 fully saturated rings. The Kier molecular flexibility index (Phi) is 35.8. The Morgan fingerprint density at radius 2 is 1.29 bits per heavy atom. The van der Waals surface area contributed by atoms with Crippen LogP contribution in [0.3, 0.4) is 0 Å². The molecule has 0 unspecified atom stereocenters. The number of nitrogens with zero attached hydrogens (tertiary/aromatic N) is 1. The summed E-state index contributed by atoms with van der Waals surface area (Å²) in [6, 6.07) is 8.52. The van der Waals surface area contributed by atoms with Gasteiger partial charge in [0.05, 0.1) is 0 Å². The average Bonchev–Trinajstić information content (AvgIpc) is 2.87. The van der Waals surface area contributed by atoms with Gasteiger partial charge in [0, 0.05) is 17.1 Å². The molecular weight excluding hydrogens is 261 g/mol. The zero-order chi connectivity index (χ0) is 13.4. The van der Waals surface area contributed by atoms with E-state index in [4.69, 9.17) is 14.0 Å². The first-order valence-corrected chi connectivity index (χ1v) is 4.25. The van der Waals surface area contributed by atoms with E-state index in [1.165, 1.54) is 12.0 Å². The molecule has 1 aromatic rings. The molecule has 0 spiro atoms. The molecule has 1 radical (unpaired) electrons. The van der Waals surface area contributed by atoms with Crippen molar-refractivity contribution in [1.29, 1.82) is 0 Å².